The van der Waals surface area contributed by atoms with Gasteiger partial charge in [0.05, 0.1) is 6.61 Å². The Kier molecular flexibility index (Phi) is 7.36. The minimum atomic E-state index is -1.91. The van der Waals surface area contributed by atoms with Crippen LogP contribution in [0.15, 0.2) is 30.3 Å². The van der Waals surface area contributed by atoms with E-state index in [4.69, 9.17) is 5.11 Å². The fourth-order valence-corrected chi connectivity index (χ4v) is 1.67. The number of phenols is 1. The van der Waals surface area contributed by atoms with Gasteiger partial charge < -0.3 is 30.3 Å². The third-order valence-electron chi connectivity index (χ3n) is 2.99. The van der Waals surface area contributed by atoms with Gasteiger partial charge in [0.15, 0.2) is 12.4 Å². The number of carbonyl (C=O) groups is 2. The van der Waals surface area contributed by atoms with E-state index in [1.807, 2.05) is 0 Å². The fourth-order valence-electron chi connectivity index (χ4n) is 1.67. The minimum absolute atomic E-state index is 0.0648. The van der Waals surface area contributed by atoms with Crippen LogP contribution in [0.1, 0.15) is 5.56 Å². The van der Waals surface area contributed by atoms with Crippen LogP contribution >= 0.6 is 0 Å². The Morgan fingerprint density at radius 2 is 1.83 bits per heavy atom. The topological polar surface area (TPSA) is 145 Å². The zero-order valence-corrected chi connectivity index (χ0v) is 12.0. The van der Waals surface area contributed by atoms with Crippen LogP contribution in [0.4, 0.5) is 0 Å². The second-order valence-electron chi connectivity index (χ2n) is 4.66. The standard InChI is InChI=1S/C15H18O8/c16-7-11(19)14(21)15(22)12(8-17)23-13(20)6-5-9-3-1-2-4-10(9)18/h1-6,8,11-12,14-16,18-19,21-22H,7H2/b6-5+/t11-,12+,14-,15-/m1/s1. The number of benzene rings is 1. The highest BCUT2D eigenvalue weighted by Gasteiger charge is 2.33. The van der Waals surface area contributed by atoms with Crippen LogP contribution in [-0.2, 0) is 14.3 Å². The Morgan fingerprint density at radius 1 is 1.17 bits per heavy atom. The summed E-state index contributed by atoms with van der Waals surface area (Å²) in [5.74, 6) is -1.07. The number of phenolic OH excluding ortho intramolecular Hbond substituents is 1. The molecule has 0 aromatic heterocycles. The monoisotopic (exact) mass is 326 g/mol. The van der Waals surface area contributed by atoms with Gasteiger partial charge >= 0.3 is 5.97 Å². The largest absolute Gasteiger partial charge is 0.507 e. The van der Waals surface area contributed by atoms with E-state index in [2.05, 4.69) is 4.74 Å². The van der Waals surface area contributed by atoms with Crippen molar-refractivity contribution in [1.82, 2.24) is 0 Å². The van der Waals surface area contributed by atoms with E-state index in [-0.39, 0.29) is 12.0 Å². The molecule has 126 valence electrons. The van der Waals surface area contributed by atoms with Crippen molar-refractivity contribution >= 4 is 18.3 Å². The first-order chi connectivity index (χ1) is 10.9. The molecule has 0 aliphatic carbocycles. The molecule has 0 unspecified atom stereocenters. The first-order valence-corrected chi connectivity index (χ1v) is 6.67. The zero-order valence-electron chi connectivity index (χ0n) is 12.0. The summed E-state index contributed by atoms with van der Waals surface area (Å²) < 4.78 is 4.66. The van der Waals surface area contributed by atoms with E-state index in [0.29, 0.717) is 5.56 Å². The molecule has 4 atom stereocenters. The Balaban J connectivity index is 2.70. The number of aromatic hydroxyl groups is 1. The lowest BCUT2D eigenvalue weighted by atomic mass is 10.0. The lowest BCUT2D eigenvalue weighted by Crippen LogP contribution is -2.47. The normalized spacial score (nSPS) is 16.5. The van der Waals surface area contributed by atoms with Crippen molar-refractivity contribution in [2.45, 2.75) is 24.4 Å². The van der Waals surface area contributed by atoms with Crippen LogP contribution in [0.2, 0.25) is 0 Å². The Labute approximate surface area is 131 Å². The highest BCUT2D eigenvalue weighted by atomic mass is 16.6. The van der Waals surface area contributed by atoms with Crippen LogP contribution in [0.25, 0.3) is 6.08 Å². The van der Waals surface area contributed by atoms with E-state index in [1.165, 1.54) is 18.2 Å². The fraction of sp³-hybridized carbons (Fsp3) is 0.333. The van der Waals surface area contributed by atoms with Crippen LogP contribution in [0, 0.1) is 0 Å². The van der Waals surface area contributed by atoms with Crippen molar-refractivity contribution in [3.05, 3.63) is 35.9 Å². The van der Waals surface area contributed by atoms with Crippen LogP contribution < -0.4 is 0 Å². The molecule has 1 aromatic rings. The number of aliphatic hydroxyl groups excluding tert-OH is 4. The van der Waals surface area contributed by atoms with Crippen LogP contribution in [0.3, 0.4) is 0 Å². The zero-order chi connectivity index (χ0) is 17.4. The lowest BCUT2D eigenvalue weighted by molar-refractivity contribution is -0.163. The number of aldehydes is 1. The molecule has 8 nitrogen and oxygen atoms in total. The molecule has 1 aromatic carbocycles. The maximum absolute atomic E-state index is 11.6. The average molecular weight is 326 g/mol. The molecule has 0 aliphatic rings. The van der Waals surface area contributed by atoms with Crippen LogP contribution in [-0.4, -0.2) is 68.8 Å². The summed E-state index contributed by atoms with van der Waals surface area (Å²) in [5.41, 5.74) is 0.336. The summed E-state index contributed by atoms with van der Waals surface area (Å²) in [6, 6.07) is 6.18. The van der Waals surface area contributed by atoms with Gasteiger partial charge in [0.1, 0.15) is 24.1 Å². The number of esters is 1. The van der Waals surface area contributed by atoms with E-state index in [1.54, 1.807) is 12.1 Å². The Hall–Kier alpha value is -2.26. The van der Waals surface area contributed by atoms with Crippen molar-refractivity contribution in [2.24, 2.45) is 0 Å². The Morgan fingerprint density at radius 3 is 2.39 bits per heavy atom. The SMILES string of the molecule is O=C[C@H](OC(=O)/C=C/c1ccccc1O)[C@@H](O)[C@H](O)[C@H](O)CO. The lowest BCUT2D eigenvalue weighted by Gasteiger charge is -2.25. The molecule has 0 spiro atoms. The number of carbonyl (C=O) groups excluding carboxylic acids is 2. The number of aliphatic hydroxyl groups is 4. The number of para-hydroxylation sites is 1. The second-order valence-corrected chi connectivity index (χ2v) is 4.66. The van der Waals surface area contributed by atoms with Crippen molar-refractivity contribution < 1.29 is 39.9 Å². The molecular formula is C15H18O8. The van der Waals surface area contributed by atoms with Gasteiger partial charge in [0, 0.05) is 11.6 Å². The molecule has 0 aliphatic heterocycles. The summed E-state index contributed by atoms with van der Waals surface area (Å²) in [4.78, 5) is 22.5. The highest BCUT2D eigenvalue weighted by molar-refractivity contribution is 5.88. The molecule has 0 amide bonds. The van der Waals surface area contributed by atoms with Gasteiger partial charge in [-0.05, 0) is 12.1 Å². The van der Waals surface area contributed by atoms with Gasteiger partial charge in [-0.1, -0.05) is 18.2 Å². The summed E-state index contributed by atoms with van der Waals surface area (Å²) in [7, 11) is 0. The Bertz CT molecular complexity index is 556. The molecular weight excluding hydrogens is 308 g/mol. The molecule has 0 saturated carbocycles. The van der Waals surface area contributed by atoms with Crippen LogP contribution in [0.5, 0.6) is 5.75 Å². The molecule has 1 rings (SSSR count). The summed E-state index contributed by atoms with van der Waals surface area (Å²) >= 11 is 0. The van der Waals surface area contributed by atoms with Crippen molar-refractivity contribution in [2.75, 3.05) is 6.61 Å². The van der Waals surface area contributed by atoms with Gasteiger partial charge in [-0.15, -0.1) is 0 Å². The van der Waals surface area contributed by atoms with Gasteiger partial charge in [-0.2, -0.15) is 0 Å². The van der Waals surface area contributed by atoms with Gasteiger partial charge in [0.25, 0.3) is 0 Å². The molecule has 0 saturated heterocycles. The molecule has 8 heteroatoms. The molecule has 0 heterocycles. The van der Waals surface area contributed by atoms with Gasteiger partial charge in [0.2, 0.25) is 0 Å². The van der Waals surface area contributed by atoms with Gasteiger partial charge in [-0.3, -0.25) is 4.79 Å². The summed E-state index contributed by atoms with van der Waals surface area (Å²) in [5, 5.41) is 46.5. The predicted octanol–water partition coefficient (Wildman–Crippen LogP) is -1.41. The number of hydrogen-bond acceptors (Lipinski definition) is 8. The predicted molar refractivity (Wildman–Crippen MR) is 78.2 cm³/mol. The number of ether oxygens (including phenoxy) is 1. The average Bonchev–Trinajstić information content (AvgIpc) is 2.56. The first kappa shape index (κ1) is 18.8. The highest BCUT2D eigenvalue weighted by Crippen LogP contribution is 2.17. The summed E-state index contributed by atoms with van der Waals surface area (Å²) in [6.45, 7) is -0.842. The van der Waals surface area contributed by atoms with E-state index in [0.717, 1.165) is 6.08 Å². The van der Waals surface area contributed by atoms with E-state index in [9.17, 15) is 30.0 Å². The van der Waals surface area contributed by atoms with E-state index >= 15 is 0 Å². The maximum Gasteiger partial charge on any atom is 0.331 e. The molecule has 23 heavy (non-hydrogen) atoms. The second kappa shape index (κ2) is 9.01. The molecule has 0 radical (unpaired) electrons. The third-order valence-corrected chi connectivity index (χ3v) is 2.99. The molecule has 0 bridgehead atoms. The van der Waals surface area contributed by atoms with Crippen molar-refractivity contribution in [1.29, 1.82) is 0 Å². The maximum atomic E-state index is 11.6. The third kappa shape index (κ3) is 5.46. The first-order valence-electron chi connectivity index (χ1n) is 6.67. The minimum Gasteiger partial charge on any atom is -0.507 e. The quantitative estimate of drug-likeness (QED) is 0.223. The van der Waals surface area contributed by atoms with E-state index < -0.39 is 37.0 Å². The molecule has 5 N–H and O–H groups in total. The van der Waals surface area contributed by atoms with Crippen molar-refractivity contribution in [3.8, 4) is 5.75 Å². The molecule has 0 fully saturated rings. The number of rotatable bonds is 8. The smallest absolute Gasteiger partial charge is 0.331 e. The summed E-state index contributed by atoms with van der Waals surface area (Å²) in [6.07, 6.45) is -4.94. The number of hydrogen-bond donors (Lipinski definition) is 5. The van der Waals surface area contributed by atoms with Crippen molar-refractivity contribution in [3.63, 3.8) is 0 Å². The van der Waals surface area contributed by atoms with Gasteiger partial charge in [-0.25, -0.2) is 4.79 Å².